The van der Waals surface area contributed by atoms with Gasteiger partial charge in [0.25, 0.3) is 5.91 Å². The molecule has 0 aliphatic carbocycles. The van der Waals surface area contributed by atoms with Crippen LogP contribution in [0.15, 0.2) is 24.3 Å². The van der Waals surface area contributed by atoms with Gasteiger partial charge in [0, 0.05) is 5.69 Å². The quantitative estimate of drug-likeness (QED) is 0.838. The molecule has 0 unspecified atom stereocenters. The van der Waals surface area contributed by atoms with Crippen molar-refractivity contribution >= 4 is 11.6 Å². The van der Waals surface area contributed by atoms with Gasteiger partial charge < -0.3 is 15.1 Å². The Morgan fingerprint density at radius 2 is 2.00 bits per heavy atom. The summed E-state index contributed by atoms with van der Waals surface area (Å²) in [6.45, 7) is 12.1. The largest absolute Gasteiger partial charge is 0.360 e. The molecule has 1 saturated heterocycles. The van der Waals surface area contributed by atoms with Gasteiger partial charge in [0.05, 0.1) is 32.2 Å². The first-order chi connectivity index (χ1) is 11.4. The molecule has 5 heteroatoms. The Balaban J connectivity index is 1.86. The summed E-state index contributed by atoms with van der Waals surface area (Å²) < 4.78 is 0. The van der Waals surface area contributed by atoms with E-state index in [1.807, 2.05) is 13.8 Å². The number of carbonyl (C=O) groups is 1. The molecule has 24 heavy (non-hydrogen) atoms. The maximum absolute atomic E-state index is 12.3. The lowest BCUT2D eigenvalue weighted by molar-refractivity contribution is -0.892. The minimum atomic E-state index is -0.792. The van der Waals surface area contributed by atoms with Crippen molar-refractivity contribution in [3.63, 3.8) is 0 Å². The number of aryl methyl sites for hydroxylation is 1. The Kier molecular flexibility index (Phi) is 5.84. The van der Waals surface area contributed by atoms with E-state index < -0.39 is 5.54 Å². The third-order valence-electron chi connectivity index (χ3n) is 5.12. The fourth-order valence-electron chi connectivity index (χ4n) is 3.02. The zero-order valence-electron chi connectivity index (χ0n) is 15.2. The second kappa shape index (κ2) is 7.67. The summed E-state index contributed by atoms with van der Waals surface area (Å²) in [6.07, 6.45) is 0. The number of hydrogen-bond donors (Lipinski definition) is 2. The molecule has 1 heterocycles. The van der Waals surface area contributed by atoms with Gasteiger partial charge in [0.1, 0.15) is 5.54 Å². The summed E-state index contributed by atoms with van der Waals surface area (Å²) in [7, 11) is 0. The molecule has 0 aromatic heterocycles. The third kappa shape index (κ3) is 4.27. The first kappa shape index (κ1) is 18.3. The predicted molar refractivity (Wildman–Crippen MR) is 96.0 cm³/mol. The summed E-state index contributed by atoms with van der Waals surface area (Å²) in [4.78, 5) is 16.0. The van der Waals surface area contributed by atoms with E-state index in [1.165, 1.54) is 16.2 Å². The van der Waals surface area contributed by atoms with Crippen molar-refractivity contribution in [1.82, 2.24) is 5.32 Å². The van der Waals surface area contributed by atoms with E-state index in [0.717, 1.165) is 26.2 Å². The fourth-order valence-corrected chi connectivity index (χ4v) is 3.02. The number of anilines is 1. The molecule has 2 rings (SSSR count). The molecule has 130 valence electrons. The van der Waals surface area contributed by atoms with E-state index >= 15 is 0 Å². The van der Waals surface area contributed by atoms with Gasteiger partial charge in [-0.3, -0.25) is 4.79 Å². The zero-order chi connectivity index (χ0) is 17.7. The van der Waals surface area contributed by atoms with Gasteiger partial charge in [-0.05, 0) is 31.4 Å². The molecular formula is C19H29N4O+. The molecule has 1 amide bonds. The maximum Gasteiger partial charge on any atom is 0.276 e. The van der Waals surface area contributed by atoms with E-state index in [1.54, 1.807) is 6.92 Å². The highest BCUT2D eigenvalue weighted by atomic mass is 16.2. The van der Waals surface area contributed by atoms with Crippen LogP contribution < -0.4 is 15.1 Å². The van der Waals surface area contributed by atoms with Crippen LogP contribution in [-0.2, 0) is 4.79 Å². The van der Waals surface area contributed by atoms with Crippen molar-refractivity contribution in [1.29, 1.82) is 5.26 Å². The van der Waals surface area contributed by atoms with Gasteiger partial charge in [0.2, 0.25) is 0 Å². The maximum atomic E-state index is 12.3. The monoisotopic (exact) mass is 329 g/mol. The number of benzene rings is 1. The Morgan fingerprint density at radius 1 is 1.38 bits per heavy atom. The van der Waals surface area contributed by atoms with E-state index in [4.69, 9.17) is 0 Å². The van der Waals surface area contributed by atoms with Crippen molar-refractivity contribution in [3.05, 3.63) is 29.8 Å². The number of nitriles is 1. The average molecular weight is 329 g/mol. The SMILES string of the molecule is Cc1ccccc1N1CC[NH+](CC(=O)N[C@](C)(C#N)C(C)C)CC1. The fraction of sp³-hybridized carbons (Fsp3) is 0.579. The van der Waals surface area contributed by atoms with E-state index in [0.29, 0.717) is 6.54 Å². The van der Waals surface area contributed by atoms with Gasteiger partial charge in [-0.2, -0.15) is 5.26 Å². The van der Waals surface area contributed by atoms with Crippen LogP contribution in [0.5, 0.6) is 0 Å². The van der Waals surface area contributed by atoms with E-state index in [2.05, 4.69) is 47.5 Å². The molecule has 0 spiro atoms. The van der Waals surface area contributed by atoms with Crippen LogP contribution in [0.25, 0.3) is 0 Å². The molecule has 1 aliphatic rings. The standard InChI is InChI=1S/C19H28N4O/c1-15(2)19(4,14-20)21-18(24)13-22-9-11-23(12-10-22)17-8-6-5-7-16(17)3/h5-8,15H,9-13H2,1-4H3,(H,21,24)/p+1/t19-/m1/s1. The van der Waals surface area contributed by atoms with Crippen LogP contribution in [0.1, 0.15) is 26.3 Å². The lowest BCUT2D eigenvalue weighted by Gasteiger charge is -2.35. The van der Waals surface area contributed by atoms with E-state index in [9.17, 15) is 10.1 Å². The number of carbonyl (C=O) groups excluding carboxylic acids is 1. The van der Waals surface area contributed by atoms with Crippen LogP contribution in [0, 0.1) is 24.2 Å². The second-order valence-electron chi connectivity index (χ2n) is 7.22. The van der Waals surface area contributed by atoms with Gasteiger partial charge in [-0.25, -0.2) is 0 Å². The Labute approximate surface area is 145 Å². The molecule has 1 aliphatic heterocycles. The lowest BCUT2D eigenvalue weighted by atomic mass is 9.90. The van der Waals surface area contributed by atoms with Crippen molar-refractivity contribution in [2.75, 3.05) is 37.6 Å². The summed E-state index contributed by atoms with van der Waals surface area (Å²) in [5, 5.41) is 12.2. The van der Waals surface area contributed by atoms with Crippen LogP contribution in [0.4, 0.5) is 5.69 Å². The summed E-state index contributed by atoms with van der Waals surface area (Å²) >= 11 is 0. The highest BCUT2D eigenvalue weighted by Crippen LogP contribution is 2.19. The van der Waals surface area contributed by atoms with Crippen molar-refractivity contribution in [2.24, 2.45) is 5.92 Å². The normalized spacial score (nSPS) is 18.1. The average Bonchev–Trinajstić information content (AvgIpc) is 2.55. The lowest BCUT2D eigenvalue weighted by Crippen LogP contribution is -3.16. The molecule has 1 atom stereocenters. The Bertz CT molecular complexity index is 614. The van der Waals surface area contributed by atoms with E-state index in [-0.39, 0.29) is 11.8 Å². The van der Waals surface area contributed by atoms with Crippen molar-refractivity contribution in [2.45, 2.75) is 33.2 Å². The number of para-hydroxylation sites is 1. The van der Waals surface area contributed by atoms with Crippen LogP contribution >= 0.6 is 0 Å². The van der Waals surface area contributed by atoms with Crippen LogP contribution in [0.3, 0.4) is 0 Å². The number of amides is 1. The highest BCUT2D eigenvalue weighted by molar-refractivity contribution is 5.78. The molecule has 0 saturated carbocycles. The number of rotatable bonds is 5. The molecule has 0 radical (unpaired) electrons. The summed E-state index contributed by atoms with van der Waals surface area (Å²) in [5.41, 5.74) is 1.79. The molecule has 0 bridgehead atoms. The third-order valence-corrected chi connectivity index (χ3v) is 5.12. The van der Waals surface area contributed by atoms with Crippen molar-refractivity contribution < 1.29 is 9.69 Å². The summed E-state index contributed by atoms with van der Waals surface area (Å²) in [5.74, 6) is 0.0476. The number of nitrogens with one attached hydrogen (secondary N) is 2. The number of piperazine rings is 1. The van der Waals surface area contributed by atoms with Crippen LogP contribution in [-0.4, -0.2) is 44.2 Å². The zero-order valence-corrected chi connectivity index (χ0v) is 15.2. The van der Waals surface area contributed by atoms with Crippen LogP contribution in [0.2, 0.25) is 0 Å². The number of quaternary nitrogens is 1. The van der Waals surface area contributed by atoms with Gasteiger partial charge in [0.15, 0.2) is 6.54 Å². The number of nitrogens with zero attached hydrogens (tertiary/aromatic N) is 2. The first-order valence-electron chi connectivity index (χ1n) is 8.72. The molecule has 1 fully saturated rings. The first-order valence-corrected chi connectivity index (χ1v) is 8.72. The molecular weight excluding hydrogens is 300 g/mol. The predicted octanol–water partition coefficient (Wildman–Crippen LogP) is 0.754. The second-order valence-corrected chi connectivity index (χ2v) is 7.22. The van der Waals surface area contributed by atoms with Gasteiger partial charge >= 0.3 is 0 Å². The Hall–Kier alpha value is -2.06. The van der Waals surface area contributed by atoms with Gasteiger partial charge in [-0.1, -0.05) is 32.0 Å². The number of hydrogen-bond acceptors (Lipinski definition) is 3. The summed E-state index contributed by atoms with van der Waals surface area (Å²) in [6, 6.07) is 10.7. The van der Waals surface area contributed by atoms with Crippen molar-refractivity contribution in [3.8, 4) is 6.07 Å². The molecule has 2 N–H and O–H groups in total. The van der Waals surface area contributed by atoms with Gasteiger partial charge in [-0.15, -0.1) is 0 Å². The Morgan fingerprint density at radius 3 is 2.54 bits per heavy atom. The highest BCUT2D eigenvalue weighted by Gasteiger charge is 2.32. The molecule has 1 aromatic rings. The minimum Gasteiger partial charge on any atom is -0.360 e. The molecule has 1 aromatic carbocycles. The molecule has 5 nitrogen and oxygen atoms in total. The smallest absolute Gasteiger partial charge is 0.276 e. The minimum absolute atomic E-state index is 0.0351. The topological polar surface area (TPSA) is 60.6 Å².